The Morgan fingerprint density at radius 2 is 1.36 bits per heavy atom. The largest absolute Gasteiger partial charge is 0.490 e. The van der Waals surface area contributed by atoms with Crippen molar-refractivity contribution in [2.24, 2.45) is 0 Å². The van der Waals surface area contributed by atoms with Gasteiger partial charge in [0, 0.05) is 34.0 Å². The van der Waals surface area contributed by atoms with Gasteiger partial charge in [-0.2, -0.15) is 11.8 Å². The monoisotopic (exact) mass is 686 g/mol. The van der Waals surface area contributed by atoms with Gasteiger partial charge in [-0.15, -0.1) is 58.8 Å². The average Bonchev–Trinajstić information content (AvgIpc) is 3.65. The van der Waals surface area contributed by atoms with E-state index in [0.717, 1.165) is 57.1 Å². The zero-order valence-electron chi connectivity index (χ0n) is 25.6. The lowest BCUT2D eigenvalue weighted by molar-refractivity contribution is 0.0916. The van der Waals surface area contributed by atoms with Crippen molar-refractivity contribution < 1.29 is 19.7 Å². The molecule has 4 rings (SSSR count). The van der Waals surface area contributed by atoms with Crippen molar-refractivity contribution in [2.45, 2.75) is 73.4 Å². The second-order valence-corrected chi connectivity index (χ2v) is 20.0. The maximum Gasteiger partial charge on any atom is 0.141 e. The molecule has 2 aliphatic rings. The molecule has 0 radical (unpaired) electrons. The van der Waals surface area contributed by atoms with Crippen molar-refractivity contribution >= 4 is 70.6 Å². The highest BCUT2D eigenvalue weighted by atomic mass is 32.2. The summed E-state index contributed by atoms with van der Waals surface area (Å²) in [4.78, 5) is -0.922. The van der Waals surface area contributed by atoms with Crippen molar-refractivity contribution in [1.82, 2.24) is 0 Å². The highest BCUT2D eigenvalue weighted by Gasteiger charge is 2.26. The first-order chi connectivity index (χ1) is 20.0. The number of aryl methyl sites for hydroxylation is 4. The third-order valence-corrected chi connectivity index (χ3v) is 16.7. The van der Waals surface area contributed by atoms with Crippen LogP contribution in [0.1, 0.15) is 42.5 Å². The molecule has 3 unspecified atom stereocenters. The number of ether oxygens (including phenoxy) is 2. The highest BCUT2D eigenvalue weighted by Crippen LogP contribution is 2.40. The number of benzene rings is 2. The van der Waals surface area contributed by atoms with Crippen LogP contribution >= 0.6 is 70.6 Å². The fourth-order valence-electron chi connectivity index (χ4n) is 5.10. The van der Waals surface area contributed by atoms with E-state index in [1.165, 1.54) is 23.0 Å². The van der Waals surface area contributed by atoms with Crippen LogP contribution in [-0.2, 0) is 0 Å². The predicted molar refractivity (Wildman–Crippen MR) is 195 cm³/mol. The molecular formula is C32H46O4S6. The van der Waals surface area contributed by atoms with E-state index in [0.29, 0.717) is 26.8 Å². The maximum absolute atomic E-state index is 10.9. The molecule has 10 heteroatoms. The van der Waals surface area contributed by atoms with Crippen molar-refractivity contribution in [3.8, 4) is 22.6 Å². The van der Waals surface area contributed by atoms with Crippen molar-refractivity contribution in [2.75, 3.05) is 47.7 Å². The van der Waals surface area contributed by atoms with Gasteiger partial charge in [0.05, 0.1) is 15.3 Å². The molecule has 2 aliphatic heterocycles. The number of hydrogen-bond donors (Lipinski definition) is 2. The van der Waals surface area contributed by atoms with Gasteiger partial charge in [0.25, 0.3) is 0 Å². The third-order valence-electron chi connectivity index (χ3n) is 7.20. The average molecular weight is 687 g/mol. The van der Waals surface area contributed by atoms with Gasteiger partial charge >= 0.3 is 0 Å². The topological polar surface area (TPSA) is 58.9 Å². The van der Waals surface area contributed by atoms with Crippen molar-refractivity contribution in [3.63, 3.8) is 0 Å². The van der Waals surface area contributed by atoms with Crippen LogP contribution in [0.3, 0.4) is 0 Å². The van der Waals surface area contributed by atoms with Crippen LogP contribution in [-0.4, -0.2) is 83.4 Å². The van der Waals surface area contributed by atoms with E-state index in [-0.39, 0.29) is 6.61 Å². The summed E-state index contributed by atoms with van der Waals surface area (Å²) in [6.07, 6.45) is 0.624. The standard InChI is InChI=1S/C32H46O4S6/c1-20-13-25(14-21(2)29(20)35-17-27(33)18-41-24(5)31-39-11-12-40-31)26-15-22(3)30(23(4)16-26)36-19-32(6,34)42-8-7-28-37-9-10-38-28/h13-16,24,27-28,31,33-34H,7-12,17-19H2,1-6H3. The Kier molecular flexibility index (Phi) is 13.8. The molecule has 42 heavy (non-hydrogen) atoms. The molecule has 2 fully saturated rings. The number of aliphatic hydroxyl groups excluding tert-OH is 1. The molecule has 2 N–H and O–H groups in total. The molecule has 0 aliphatic carbocycles. The van der Waals surface area contributed by atoms with Gasteiger partial charge in [0.15, 0.2) is 0 Å². The van der Waals surface area contributed by atoms with Crippen LogP contribution < -0.4 is 9.47 Å². The van der Waals surface area contributed by atoms with E-state index in [1.807, 2.05) is 65.7 Å². The second kappa shape index (κ2) is 16.6. The van der Waals surface area contributed by atoms with E-state index in [2.05, 4.69) is 58.9 Å². The zero-order chi connectivity index (χ0) is 30.3. The summed E-state index contributed by atoms with van der Waals surface area (Å²) in [5, 5.41) is 22.0. The lowest BCUT2D eigenvalue weighted by atomic mass is 9.96. The van der Waals surface area contributed by atoms with Crippen LogP contribution in [0.2, 0.25) is 0 Å². The molecule has 2 aromatic rings. The smallest absolute Gasteiger partial charge is 0.141 e. The molecule has 0 bridgehead atoms. The minimum atomic E-state index is -0.922. The lowest BCUT2D eigenvalue weighted by Gasteiger charge is -2.25. The molecule has 2 heterocycles. The third kappa shape index (κ3) is 10.3. The molecule has 3 atom stereocenters. The van der Waals surface area contributed by atoms with Gasteiger partial charge < -0.3 is 19.7 Å². The van der Waals surface area contributed by atoms with E-state index in [1.54, 1.807) is 11.8 Å². The first-order valence-electron chi connectivity index (χ1n) is 14.6. The van der Waals surface area contributed by atoms with Gasteiger partial charge in [-0.25, -0.2) is 0 Å². The summed E-state index contributed by atoms with van der Waals surface area (Å²) >= 11 is 11.6. The lowest BCUT2D eigenvalue weighted by Crippen LogP contribution is -2.29. The van der Waals surface area contributed by atoms with E-state index < -0.39 is 11.0 Å². The Hall–Kier alpha value is 0.0600. The van der Waals surface area contributed by atoms with Crippen LogP contribution in [0.25, 0.3) is 11.1 Å². The van der Waals surface area contributed by atoms with Crippen LogP contribution in [0.15, 0.2) is 24.3 Å². The summed E-state index contributed by atoms with van der Waals surface area (Å²) in [7, 11) is 0. The fraction of sp³-hybridized carbons (Fsp3) is 0.625. The first kappa shape index (κ1) is 34.9. The molecular weight excluding hydrogens is 641 g/mol. The molecule has 2 saturated heterocycles. The summed E-state index contributed by atoms with van der Waals surface area (Å²) in [6, 6.07) is 8.65. The molecule has 2 aromatic carbocycles. The first-order valence-corrected chi connectivity index (χ1v) is 20.9. The van der Waals surface area contributed by atoms with E-state index in [9.17, 15) is 10.2 Å². The normalized spacial score (nSPS) is 19.1. The van der Waals surface area contributed by atoms with Gasteiger partial charge in [-0.05, 0) is 104 Å². The Balaban J connectivity index is 1.31. The van der Waals surface area contributed by atoms with E-state index >= 15 is 0 Å². The summed E-state index contributed by atoms with van der Waals surface area (Å²) in [5.74, 6) is 8.29. The summed E-state index contributed by atoms with van der Waals surface area (Å²) in [5.41, 5.74) is 6.52. The molecule has 0 aromatic heterocycles. The fourth-order valence-corrected chi connectivity index (χ4v) is 13.6. The SMILES string of the molecule is Cc1cc(-c2cc(C)c(OCC(C)(O)SCCC3SCCS3)c(C)c2)cc(C)c1OCC(O)CSC(C)C1SCCS1. The Bertz CT molecular complexity index is 1120. The Morgan fingerprint density at radius 1 is 0.857 bits per heavy atom. The van der Waals surface area contributed by atoms with Crippen LogP contribution in [0, 0.1) is 27.7 Å². The second-order valence-electron chi connectivity index (χ2n) is 11.3. The number of hydrogen-bond acceptors (Lipinski definition) is 10. The molecule has 4 nitrogen and oxygen atoms in total. The summed E-state index contributed by atoms with van der Waals surface area (Å²) in [6.45, 7) is 13.0. The number of aliphatic hydroxyl groups is 2. The Morgan fingerprint density at radius 3 is 1.90 bits per heavy atom. The van der Waals surface area contributed by atoms with Gasteiger partial charge in [-0.1, -0.05) is 6.92 Å². The molecule has 0 saturated carbocycles. The zero-order valence-corrected chi connectivity index (χ0v) is 30.5. The van der Waals surface area contributed by atoms with Crippen LogP contribution in [0.5, 0.6) is 11.5 Å². The molecule has 0 spiro atoms. The quantitative estimate of drug-likeness (QED) is 0.179. The minimum absolute atomic E-state index is 0.260. The van der Waals surface area contributed by atoms with Crippen molar-refractivity contribution in [3.05, 3.63) is 46.5 Å². The number of thioether (sulfide) groups is 6. The molecule has 234 valence electrons. The Labute approximate surface area is 278 Å². The summed E-state index contributed by atoms with van der Waals surface area (Å²) < 4.78 is 13.6. The van der Waals surface area contributed by atoms with E-state index in [4.69, 9.17) is 9.47 Å². The predicted octanol–water partition coefficient (Wildman–Crippen LogP) is 8.27. The number of rotatable bonds is 15. The van der Waals surface area contributed by atoms with Gasteiger partial charge in [-0.3, -0.25) is 0 Å². The molecule has 0 amide bonds. The minimum Gasteiger partial charge on any atom is -0.490 e. The highest BCUT2D eigenvalue weighted by molar-refractivity contribution is 8.21. The van der Waals surface area contributed by atoms with Gasteiger partial charge in [0.1, 0.15) is 29.6 Å². The maximum atomic E-state index is 10.9. The van der Waals surface area contributed by atoms with Crippen molar-refractivity contribution in [1.29, 1.82) is 0 Å². The van der Waals surface area contributed by atoms with Crippen LogP contribution in [0.4, 0.5) is 0 Å². The van der Waals surface area contributed by atoms with Gasteiger partial charge in [0.2, 0.25) is 0 Å².